The van der Waals surface area contributed by atoms with Crippen molar-refractivity contribution in [3.63, 3.8) is 0 Å². The Balaban J connectivity index is 0.000000518. The number of nitrogens with one attached hydrogen (secondary N) is 4. The van der Waals surface area contributed by atoms with Crippen LogP contribution in [0.1, 0.15) is 38.2 Å². The SMILES string of the molecule is COc1cc(C=CC(=O)NC2CCC(C)CC2)ccc1OCC(=O)O.OCNC(NCO)NCO. The summed E-state index contributed by atoms with van der Waals surface area (Å²) in [4.78, 5) is 22.6. The monoisotopic (exact) mass is 498 g/mol. The fourth-order valence-corrected chi connectivity index (χ4v) is 3.36. The molecule has 1 aromatic rings. The van der Waals surface area contributed by atoms with Crippen molar-refractivity contribution in [1.82, 2.24) is 21.3 Å². The van der Waals surface area contributed by atoms with Gasteiger partial charge in [0.25, 0.3) is 0 Å². The van der Waals surface area contributed by atoms with E-state index < -0.39 is 18.9 Å². The zero-order valence-electron chi connectivity index (χ0n) is 20.2. The minimum absolute atomic E-state index is 0.107. The number of hydrogen-bond donors (Lipinski definition) is 8. The first kappa shape index (κ1) is 30.3. The zero-order chi connectivity index (χ0) is 26.1. The summed E-state index contributed by atoms with van der Waals surface area (Å²) < 4.78 is 10.4. The number of carbonyl (C=O) groups excluding carboxylic acids is 1. The lowest BCUT2D eigenvalue weighted by molar-refractivity contribution is -0.139. The quantitative estimate of drug-likeness (QED) is 0.133. The highest BCUT2D eigenvalue weighted by Crippen LogP contribution is 2.28. The van der Waals surface area contributed by atoms with Gasteiger partial charge in [0.2, 0.25) is 5.91 Å². The van der Waals surface area contributed by atoms with Crippen LogP contribution < -0.4 is 30.7 Å². The van der Waals surface area contributed by atoms with E-state index in [-0.39, 0.29) is 32.1 Å². The highest BCUT2D eigenvalue weighted by molar-refractivity contribution is 5.92. The van der Waals surface area contributed by atoms with E-state index in [0.29, 0.717) is 11.5 Å². The highest BCUT2D eigenvalue weighted by atomic mass is 16.5. The van der Waals surface area contributed by atoms with Gasteiger partial charge in [-0.15, -0.1) is 0 Å². The average molecular weight is 499 g/mol. The Morgan fingerprint density at radius 3 is 2.14 bits per heavy atom. The maximum Gasteiger partial charge on any atom is 0.341 e. The van der Waals surface area contributed by atoms with Crippen molar-refractivity contribution in [2.75, 3.05) is 33.9 Å². The van der Waals surface area contributed by atoms with Crippen molar-refractivity contribution >= 4 is 18.0 Å². The average Bonchev–Trinajstić information content (AvgIpc) is 2.84. The second kappa shape index (κ2) is 17.7. The van der Waals surface area contributed by atoms with Crippen LogP contribution in [0.15, 0.2) is 24.3 Å². The molecule has 35 heavy (non-hydrogen) atoms. The van der Waals surface area contributed by atoms with Gasteiger partial charge in [-0.3, -0.25) is 20.7 Å². The number of aliphatic carboxylic acids is 1. The topological polar surface area (TPSA) is 182 Å². The molecule has 1 saturated carbocycles. The Kier molecular flexibility index (Phi) is 15.3. The molecule has 1 aliphatic rings. The normalized spacial score (nSPS) is 17.5. The molecule has 0 aliphatic heterocycles. The first-order chi connectivity index (χ1) is 16.8. The van der Waals surface area contributed by atoms with E-state index in [9.17, 15) is 9.59 Å². The highest BCUT2D eigenvalue weighted by Gasteiger charge is 2.18. The van der Waals surface area contributed by atoms with Crippen LogP contribution in [0.4, 0.5) is 0 Å². The molecule has 0 saturated heterocycles. The zero-order valence-corrected chi connectivity index (χ0v) is 20.2. The molecule has 0 unspecified atom stereocenters. The molecule has 0 spiro atoms. The van der Waals surface area contributed by atoms with Crippen molar-refractivity contribution in [3.8, 4) is 11.5 Å². The van der Waals surface area contributed by atoms with Crippen LogP contribution in [0.25, 0.3) is 6.08 Å². The fourth-order valence-electron chi connectivity index (χ4n) is 3.36. The summed E-state index contributed by atoms with van der Waals surface area (Å²) in [6, 6.07) is 5.33. The number of carbonyl (C=O) groups is 2. The lowest BCUT2D eigenvalue weighted by atomic mass is 9.87. The van der Waals surface area contributed by atoms with E-state index in [0.717, 1.165) is 37.2 Å². The third-order valence-electron chi connectivity index (χ3n) is 5.21. The summed E-state index contributed by atoms with van der Waals surface area (Å²) in [5.41, 5.74) is 0.770. The number of hydrogen-bond acceptors (Lipinski definition) is 10. The van der Waals surface area contributed by atoms with Gasteiger partial charge in [0.05, 0.1) is 27.3 Å². The second-order valence-electron chi connectivity index (χ2n) is 7.91. The number of aliphatic hydroxyl groups is 3. The van der Waals surface area contributed by atoms with Gasteiger partial charge < -0.3 is 35.2 Å². The minimum Gasteiger partial charge on any atom is -0.493 e. The van der Waals surface area contributed by atoms with E-state index in [1.165, 1.54) is 13.2 Å². The number of ether oxygens (including phenoxy) is 2. The molecule has 2 rings (SSSR count). The molecule has 1 amide bonds. The summed E-state index contributed by atoms with van der Waals surface area (Å²) in [5, 5.41) is 44.2. The second-order valence-corrected chi connectivity index (χ2v) is 7.91. The van der Waals surface area contributed by atoms with Crippen molar-refractivity contribution in [1.29, 1.82) is 0 Å². The molecule has 198 valence electrons. The molecule has 0 heterocycles. The number of rotatable bonds is 13. The molecule has 12 nitrogen and oxygen atoms in total. The van der Waals surface area contributed by atoms with Gasteiger partial charge in [0.15, 0.2) is 18.1 Å². The molecule has 0 radical (unpaired) electrons. The van der Waals surface area contributed by atoms with E-state index in [4.69, 9.17) is 29.9 Å². The summed E-state index contributed by atoms with van der Waals surface area (Å²) in [7, 11) is 1.48. The van der Waals surface area contributed by atoms with Gasteiger partial charge in [0.1, 0.15) is 6.29 Å². The number of carboxylic acids is 1. The van der Waals surface area contributed by atoms with Crippen LogP contribution in [0.2, 0.25) is 0 Å². The lowest BCUT2D eigenvalue weighted by Gasteiger charge is -2.26. The van der Waals surface area contributed by atoms with Gasteiger partial charge in [-0.2, -0.15) is 0 Å². The van der Waals surface area contributed by atoms with Crippen LogP contribution >= 0.6 is 0 Å². The number of benzene rings is 1. The van der Waals surface area contributed by atoms with Crippen molar-refractivity contribution < 1.29 is 39.5 Å². The Hall–Kier alpha value is -2.74. The standard InChI is InChI=1S/C19H25NO5.C4H13N3O3/c1-13-3-7-15(8-4-13)20-18(21)10-6-14-5-9-16(17(11-14)24-2)25-12-19(22)23;8-1-5-4(6-2-9)7-3-10/h5-6,9-11,13,15H,3-4,7-8,12H2,1-2H3,(H,20,21)(H,22,23);4-10H,1-3H2. The fraction of sp³-hybridized carbons (Fsp3) is 0.565. The molecule has 0 bridgehead atoms. The predicted octanol–water partition coefficient (Wildman–Crippen LogP) is -0.245. The van der Waals surface area contributed by atoms with Gasteiger partial charge in [-0.05, 0) is 55.4 Å². The number of aliphatic hydroxyl groups excluding tert-OH is 3. The van der Waals surface area contributed by atoms with Crippen molar-refractivity contribution in [2.45, 2.75) is 44.9 Å². The molecule has 12 heteroatoms. The molecule has 8 N–H and O–H groups in total. The van der Waals surface area contributed by atoms with Crippen LogP contribution in [0.3, 0.4) is 0 Å². The molecule has 0 aromatic heterocycles. The maximum absolute atomic E-state index is 12.0. The van der Waals surface area contributed by atoms with E-state index in [1.807, 2.05) is 0 Å². The summed E-state index contributed by atoms with van der Waals surface area (Å²) in [6.45, 7) is 1.11. The molecule has 1 aliphatic carbocycles. The number of amides is 1. The van der Waals surface area contributed by atoms with Crippen LogP contribution in [-0.4, -0.2) is 78.5 Å². The molecule has 0 atom stereocenters. The Morgan fingerprint density at radius 1 is 1.03 bits per heavy atom. The smallest absolute Gasteiger partial charge is 0.341 e. The molecular formula is C23H38N4O8. The van der Waals surface area contributed by atoms with Crippen molar-refractivity contribution in [2.24, 2.45) is 5.92 Å². The summed E-state index contributed by atoms with van der Waals surface area (Å²) in [6.07, 6.45) is 7.11. The van der Waals surface area contributed by atoms with Gasteiger partial charge in [-0.1, -0.05) is 13.0 Å². The lowest BCUT2D eigenvalue weighted by Crippen LogP contribution is -2.53. The van der Waals surface area contributed by atoms with E-state index in [2.05, 4.69) is 28.2 Å². The van der Waals surface area contributed by atoms with Gasteiger partial charge in [-0.25, -0.2) is 4.79 Å². The van der Waals surface area contributed by atoms with Crippen LogP contribution in [0.5, 0.6) is 11.5 Å². The third-order valence-corrected chi connectivity index (χ3v) is 5.21. The minimum atomic E-state index is -1.06. The Labute approximate surface area is 205 Å². The van der Waals surface area contributed by atoms with Crippen molar-refractivity contribution in [3.05, 3.63) is 29.8 Å². The Morgan fingerprint density at radius 2 is 1.63 bits per heavy atom. The van der Waals surface area contributed by atoms with Gasteiger partial charge >= 0.3 is 5.97 Å². The third kappa shape index (κ3) is 13.1. The molecular weight excluding hydrogens is 460 g/mol. The Bertz CT molecular complexity index is 771. The van der Waals surface area contributed by atoms with E-state index in [1.54, 1.807) is 24.3 Å². The molecule has 1 fully saturated rings. The first-order valence-corrected chi connectivity index (χ1v) is 11.4. The number of carboxylic acid groups (broad SMARTS) is 1. The number of methoxy groups -OCH3 is 1. The van der Waals surface area contributed by atoms with E-state index >= 15 is 0 Å². The summed E-state index contributed by atoms with van der Waals surface area (Å²) >= 11 is 0. The maximum atomic E-state index is 12.0. The largest absolute Gasteiger partial charge is 0.493 e. The first-order valence-electron chi connectivity index (χ1n) is 11.4. The predicted molar refractivity (Wildman–Crippen MR) is 129 cm³/mol. The molecule has 1 aromatic carbocycles. The summed E-state index contributed by atoms with van der Waals surface area (Å²) in [5.74, 6) is 0.357. The van der Waals surface area contributed by atoms with Crippen LogP contribution in [-0.2, 0) is 9.59 Å². The van der Waals surface area contributed by atoms with Gasteiger partial charge in [0, 0.05) is 12.1 Å². The van der Waals surface area contributed by atoms with Crippen LogP contribution in [0, 0.1) is 5.92 Å².